The summed E-state index contributed by atoms with van der Waals surface area (Å²) in [5, 5.41) is 11.2. The van der Waals surface area contributed by atoms with Gasteiger partial charge in [-0.25, -0.2) is 9.78 Å². The van der Waals surface area contributed by atoms with Crippen molar-refractivity contribution in [2.24, 2.45) is 0 Å². The second kappa shape index (κ2) is 5.42. The summed E-state index contributed by atoms with van der Waals surface area (Å²) in [6.07, 6.45) is 0. The number of halogens is 1. The molecule has 21 heavy (non-hydrogen) atoms. The normalized spacial score (nSPS) is 10.5. The highest BCUT2D eigenvalue weighted by atomic mass is 35.5. The van der Waals surface area contributed by atoms with E-state index >= 15 is 0 Å². The maximum atomic E-state index is 11.0. The third kappa shape index (κ3) is 2.80. The zero-order valence-corrected chi connectivity index (χ0v) is 11.5. The van der Waals surface area contributed by atoms with Gasteiger partial charge in [-0.05, 0) is 29.0 Å². The van der Waals surface area contributed by atoms with Crippen LogP contribution in [0.5, 0.6) is 11.6 Å². The van der Waals surface area contributed by atoms with Crippen LogP contribution in [-0.4, -0.2) is 16.1 Å². The van der Waals surface area contributed by atoms with Crippen molar-refractivity contribution in [1.29, 1.82) is 0 Å². The third-order valence-corrected chi connectivity index (χ3v) is 3.27. The fraction of sp³-hybridized carbons (Fsp3) is 0. The Morgan fingerprint density at radius 2 is 1.81 bits per heavy atom. The van der Waals surface area contributed by atoms with Crippen LogP contribution in [-0.2, 0) is 0 Å². The predicted molar refractivity (Wildman–Crippen MR) is 80.2 cm³/mol. The number of carboxylic acids is 1. The average Bonchev–Trinajstić information content (AvgIpc) is 2.49. The minimum absolute atomic E-state index is 0.0772. The molecule has 0 amide bonds. The quantitative estimate of drug-likeness (QED) is 0.779. The van der Waals surface area contributed by atoms with Crippen LogP contribution in [0, 0.1) is 0 Å². The van der Waals surface area contributed by atoms with Gasteiger partial charge in [-0.2, -0.15) is 0 Å². The Kier molecular flexibility index (Phi) is 3.46. The average molecular weight is 300 g/mol. The smallest absolute Gasteiger partial charge is 0.356 e. The van der Waals surface area contributed by atoms with Crippen LogP contribution >= 0.6 is 11.6 Å². The molecule has 0 saturated carbocycles. The highest BCUT2D eigenvalue weighted by Crippen LogP contribution is 2.26. The molecule has 1 aromatic heterocycles. The Morgan fingerprint density at radius 3 is 2.57 bits per heavy atom. The molecule has 1 N–H and O–H groups in total. The molecule has 0 aliphatic heterocycles. The number of hydrogen-bond donors (Lipinski definition) is 1. The van der Waals surface area contributed by atoms with Gasteiger partial charge in [-0.15, -0.1) is 0 Å². The lowest BCUT2D eigenvalue weighted by Gasteiger charge is -2.07. The Labute approximate surface area is 125 Å². The standard InChI is InChI=1S/C16H10ClNO3/c17-13-7-8-14(18-15(13)16(19)20)21-12-6-5-10-3-1-2-4-11(10)9-12/h1-9H,(H,19,20). The van der Waals surface area contributed by atoms with Gasteiger partial charge in [-0.1, -0.05) is 41.9 Å². The Hall–Kier alpha value is -2.59. The lowest BCUT2D eigenvalue weighted by Crippen LogP contribution is -2.02. The van der Waals surface area contributed by atoms with Gasteiger partial charge in [0.05, 0.1) is 5.02 Å². The van der Waals surface area contributed by atoms with Crippen molar-refractivity contribution in [2.45, 2.75) is 0 Å². The van der Waals surface area contributed by atoms with Crippen LogP contribution in [0.1, 0.15) is 10.5 Å². The van der Waals surface area contributed by atoms with Crippen LogP contribution in [0.15, 0.2) is 54.6 Å². The molecule has 1 heterocycles. The molecule has 0 fully saturated rings. The highest BCUT2D eigenvalue weighted by molar-refractivity contribution is 6.33. The first-order chi connectivity index (χ1) is 10.1. The fourth-order valence-electron chi connectivity index (χ4n) is 1.98. The predicted octanol–water partition coefficient (Wildman–Crippen LogP) is 4.38. The van der Waals surface area contributed by atoms with Crippen LogP contribution in [0.25, 0.3) is 10.8 Å². The van der Waals surface area contributed by atoms with E-state index in [0.29, 0.717) is 5.75 Å². The number of rotatable bonds is 3. The number of carboxylic acid groups (broad SMARTS) is 1. The molecule has 5 heteroatoms. The molecule has 0 spiro atoms. The zero-order chi connectivity index (χ0) is 14.8. The fourth-order valence-corrected chi connectivity index (χ4v) is 2.17. The van der Waals surface area contributed by atoms with Gasteiger partial charge < -0.3 is 9.84 Å². The number of fused-ring (bicyclic) bond motifs is 1. The molecule has 0 unspecified atom stereocenters. The molecule has 0 aliphatic rings. The summed E-state index contributed by atoms with van der Waals surface area (Å²) in [5.41, 5.74) is -0.227. The van der Waals surface area contributed by atoms with Crippen molar-refractivity contribution >= 4 is 28.3 Å². The van der Waals surface area contributed by atoms with E-state index in [2.05, 4.69) is 4.98 Å². The summed E-state index contributed by atoms with van der Waals surface area (Å²) < 4.78 is 5.60. The van der Waals surface area contributed by atoms with Gasteiger partial charge in [0.2, 0.25) is 5.88 Å². The number of hydrogen-bond acceptors (Lipinski definition) is 3. The Balaban J connectivity index is 1.94. The molecular formula is C16H10ClNO3. The zero-order valence-electron chi connectivity index (χ0n) is 10.8. The summed E-state index contributed by atoms with van der Waals surface area (Å²) >= 11 is 5.77. The summed E-state index contributed by atoms with van der Waals surface area (Å²) in [4.78, 5) is 14.9. The van der Waals surface area contributed by atoms with E-state index in [-0.39, 0.29) is 16.6 Å². The van der Waals surface area contributed by atoms with E-state index < -0.39 is 5.97 Å². The van der Waals surface area contributed by atoms with E-state index in [4.69, 9.17) is 21.4 Å². The molecular weight excluding hydrogens is 290 g/mol. The van der Waals surface area contributed by atoms with Crippen LogP contribution in [0.2, 0.25) is 5.02 Å². The minimum Gasteiger partial charge on any atom is -0.476 e. The van der Waals surface area contributed by atoms with Crippen molar-refractivity contribution in [3.8, 4) is 11.6 Å². The second-order valence-electron chi connectivity index (χ2n) is 4.40. The topological polar surface area (TPSA) is 59.4 Å². The summed E-state index contributed by atoms with van der Waals surface area (Å²) in [7, 11) is 0. The first-order valence-electron chi connectivity index (χ1n) is 6.20. The Bertz CT molecular complexity index is 833. The SMILES string of the molecule is O=C(O)c1nc(Oc2ccc3ccccc3c2)ccc1Cl. The maximum absolute atomic E-state index is 11.0. The third-order valence-electron chi connectivity index (χ3n) is 2.97. The number of nitrogens with zero attached hydrogens (tertiary/aromatic N) is 1. The molecule has 3 aromatic rings. The Morgan fingerprint density at radius 1 is 1.05 bits per heavy atom. The number of aromatic carboxylic acids is 1. The van der Waals surface area contributed by atoms with Crippen LogP contribution in [0.3, 0.4) is 0 Å². The van der Waals surface area contributed by atoms with E-state index in [1.807, 2.05) is 36.4 Å². The molecule has 0 aliphatic carbocycles. The van der Waals surface area contributed by atoms with Crippen molar-refractivity contribution in [2.75, 3.05) is 0 Å². The van der Waals surface area contributed by atoms with Gasteiger partial charge in [0.15, 0.2) is 5.69 Å². The van der Waals surface area contributed by atoms with Gasteiger partial charge in [0, 0.05) is 6.07 Å². The highest BCUT2D eigenvalue weighted by Gasteiger charge is 2.12. The van der Waals surface area contributed by atoms with E-state index in [0.717, 1.165) is 10.8 Å². The number of pyridine rings is 1. The van der Waals surface area contributed by atoms with Gasteiger partial charge in [-0.3, -0.25) is 0 Å². The molecule has 3 rings (SSSR count). The molecule has 0 saturated heterocycles. The summed E-state index contributed by atoms with van der Waals surface area (Å²) in [6.45, 7) is 0. The second-order valence-corrected chi connectivity index (χ2v) is 4.80. The molecule has 4 nitrogen and oxygen atoms in total. The lowest BCUT2D eigenvalue weighted by atomic mass is 10.1. The van der Waals surface area contributed by atoms with E-state index in [9.17, 15) is 4.79 Å². The van der Waals surface area contributed by atoms with Crippen LogP contribution in [0.4, 0.5) is 0 Å². The number of carbonyl (C=O) groups is 1. The largest absolute Gasteiger partial charge is 0.476 e. The van der Waals surface area contributed by atoms with E-state index in [1.165, 1.54) is 12.1 Å². The molecule has 0 bridgehead atoms. The number of aromatic nitrogens is 1. The lowest BCUT2D eigenvalue weighted by molar-refractivity contribution is 0.0690. The van der Waals surface area contributed by atoms with Crippen molar-refractivity contribution < 1.29 is 14.6 Å². The van der Waals surface area contributed by atoms with Crippen LogP contribution < -0.4 is 4.74 Å². The first kappa shape index (κ1) is 13.4. The number of ether oxygens (including phenoxy) is 1. The van der Waals surface area contributed by atoms with Gasteiger partial charge >= 0.3 is 5.97 Å². The molecule has 0 atom stereocenters. The summed E-state index contributed by atoms with van der Waals surface area (Å²) in [5.74, 6) is -0.420. The van der Waals surface area contributed by atoms with Gasteiger partial charge in [0.1, 0.15) is 5.75 Å². The molecule has 0 radical (unpaired) electrons. The summed E-state index contributed by atoms with van der Waals surface area (Å²) in [6, 6.07) is 16.5. The van der Waals surface area contributed by atoms with Gasteiger partial charge in [0.25, 0.3) is 0 Å². The van der Waals surface area contributed by atoms with Crippen molar-refractivity contribution in [1.82, 2.24) is 4.98 Å². The van der Waals surface area contributed by atoms with E-state index in [1.54, 1.807) is 6.07 Å². The molecule has 104 valence electrons. The minimum atomic E-state index is -1.19. The van der Waals surface area contributed by atoms with Crippen molar-refractivity contribution in [3.05, 3.63) is 65.3 Å². The van der Waals surface area contributed by atoms with Crippen molar-refractivity contribution in [3.63, 3.8) is 0 Å². The monoisotopic (exact) mass is 299 g/mol. The molecule has 2 aromatic carbocycles. The first-order valence-corrected chi connectivity index (χ1v) is 6.58. The maximum Gasteiger partial charge on any atom is 0.356 e. The number of benzene rings is 2.